The Morgan fingerprint density at radius 3 is 2.36 bits per heavy atom. The van der Waals surface area contributed by atoms with Crippen LogP contribution in [0.5, 0.6) is 5.75 Å². The topological polar surface area (TPSA) is 67.4 Å². The zero-order valence-corrected chi connectivity index (χ0v) is 17.2. The summed E-state index contributed by atoms with van der Waals surface area (Å²) >= 11 is 9.40. The second kappa shape index (κ2) is 8.91. The van der Waals surface area contributed by atoms with Gasteiger partial charge in [-0.25, -0.2) is 0 Å². The number of amides is 2. The van der Waals surface area contributed by atoms with Gasteiger partial charge >= 0.3 is 0 Å². The largest absolute Gasteiger partial charge is 0.495 e. The molecule has 0 saturated heterocycles. The lowest BCUT2D eigenvalue weighted by Crippen LogP contribution is -2.14. The van der Waals surface area contributed by atoms with Crippen molar-refractivity contribution in [2.24, 2.45) is 0 Å². The van der Waals surface area contributed by atoms with Gasteiger partial charge in [-0.1, -0.05) is 39.7 Å². The predicted octanol–water partition coefficient (Wildman–Crippen LogP) is 5.62. The number of para-hydroxylation sites is 2. The summed E-state index contributed by atoms with van der Waals surface area (Å²) in [6.45, 7) is 0. The Hall–Kier alpha value is -2.83. The first-order valence-corrected chi connectivity index (χ1v) is 9.46. The molecule has 0 heterocycles. The van der Waals surface area contributed by atoms with Crippen molar-refractivity contribution in [3.8, 4) is 5.75 Å². The number of anilines is 2. The molecule has 0 saturated carbocycles. The van der Waals surface area contributed by atoms with Crippen LogP contribution in [0.25, 0.3) is 0 Å². The molecule has 0 atom stereocenters. The van der Waals surface area contributed by atoms with Gasteiger partial charge in [-0.2, -0.15) is 0 Å². The summed E-state index contributed by atoms with van der Waals surface area (Å²) in [7, 11) is 1.54. The van der Waals surface area contributed by atoms with Crippen molar-refractivity contribution in [2.45, 2.75) is 0 Å². The minimum Gasteiger partial charge on any atom is -0.495 e. The second-order valence-corrected chi connectivity index (χ2v) is 7.13. The average Bonchev–Trinajstić information content (AvgIpc) is 2.70. The van der Waals surface area contributed by atoms with Gasteiger partial charge in [0.05, 0.1) is 23.4 Å². The van der Waals surface area contributed by atoms with Crippen LogP contribution in [0.1, 0.15) is 20.7 Å². The summed E-state index contributed by atoms with van der Waals surface area (Å²) in [4.78, 5) is 24.9. The number of hydrogen-bond acceptors (Lipinski definition) is 3. The zero-order valence-electron chi connectivity index (χ0n) is 14.8. The third-order valence-electron chi connectivity index (χ3n) is 3.93. The Labute approximate surface area is 175 Å². The van der Waals surface area contributed by atoms with Crippen molar-refractivity contribution in [2.75, 3.05) is 17.7 Å². The fourth-order valence-electron chi connectivity index (χ4n) is 2.52. The number of ether oxygens (including phenoxy) is 1. The third kappa shape index (κ3) is 4.71. The van der Waals surface area contributed by atoms with Crippen molar-refractivity contribution in [1.82, 2.24) is 0 Å². The smallest absolute Gasteiger partial charge is 0.257 e. The molecule has 3 aromatic carbocycles. The lowest BCUT2D eigenvalue weighted by molar-refractivity contribution is 0.101. The van der Waals surface area contributed by atoms with Crippen molar-refractivity contribution >= 4 is 50.7 Å². The first-order valence-electron chi connectivity index (χ1n) is 8.29. The maximum absolute atomic E-state index is 12.4. The minimum atomic E-state index is -0.336. The molecule has 28 heavy (non-hydrogen) atoms. The van der Waals surface area contributed by atoms with E-state index in [1.165, 1.54) is 0 Å². The quantitative estimate of drug-likeness (QED) is 0.521. The van der Waals surface area contributed by atoms with Crippen LogP contribution in [0, 0.1) is 0 Å². The van der Waals surface area contributed by atoms with Crippen LogP contribution in [0.2, 0.25) is 5.02 Å². The molecule has 7 heteroatoms. The molecule has 142 valence electrons. The van der Waals surface area contributed by atoms with E-state index in [0.717, 1.165) is 4.47 Å². The van der Waals surface area contributed by atoms with E-state index < -0.39 is 0 Å². The summed E-state index contributed by atoms with van der Waals surface area (Å²) < 4.78 is 5.98. The molecule has 0 bridgehead atoms. The van der Waals surface area contributed by atoms with Crippen LogP contribution < -0.4 is 15.4 Å². The van der Waals surface area contributed by atoms with Gasteiger partial charge in [0, 0.05) is 15.7 Å². The average molecular weight is 460 g/mol. The third-order valence-corrected chi connectivity index (χ3v) is 4.76. The van der Waals surface area contributed by atoms with Crippen LogP contribution in [0.4, 0.5) is 11.4 Å². The number of benzene rings is 3. The summed E-state index contributed by atoms with van der Waals surface area (Å²) in [5, 5.41) is 5.92. The number of hydrogen-bond donors (Lipinski definition) is 2. The van der Waals surface area contributed by atoms with E-state index in [1.54, 1.807) is 61.7 Å². The fraction of sp³-hybridized carbons (Fsp3) is 0.0476. The van der Waals surface area contributed by atoms with E-state index in [0.29, 0.717) is 33.3 Å². The molecule has 0 radical (unpaired) electrons. The fourth-order valence-corrected chi connectivity index (χ4v) is 3.08. The van der Waals surface area contributed by atoms with Crippen molar-refractivity contribution in [3.63, 3.8) is 0 Å². The van der Waals surface area contributed by atoms with Gasteiger partial charge in [-0.3, -0.25) is 9.59 Å². The van der Waals surface area contributed by atoms with Crippen molar-refractivity contribution in [1.29, 1.82) is 0 Å². The van der Waals surface area contributed by atoms with Gasteiger partial charge in [-0.05, 0) is 54.6 Å². The first-order chi connectivity index (χ1) is 13.5. The highest BCUT2D eigenvalue weighted by molar-refractivity contribution is 9.10. The molecule has 2 amide bonds. The van der Waals surface area contributed by atoms with Gasteiger partial charge in [0.15, 0.2) is 0 Å². The highest BCUT2D eigenvalue weighted by atomic mass is 79.9. The molecule has 0 unspecified atom stereocenters. The zero-order chi connectivity index (χ0) is 20.1. The molecule has 0 aromatic heterocycles. The predicted molar refractivity (Wildman–Crippen MR) is 114 cm³/mol. The summed E-state index contributed by atoms with van der Waals surface area (Å²) in [6.07, 6.45) is 0. The Bertz CT molecular complexity index is 1020. The highest BCUT2D eigenvalue weighted by Gasteiger charge is 2.13. The summed E-state index contributed by atoms with van der Waals surface area (Å²) in [6, 6.07) is 18.8. The molecule has 5 nitrogen and oxygen atoms in total. The monoisotopic (exact) mass is 458 g/mol. The Morgan fingerprint density at radius 2 is 1.64 bits per heavy atom. The Morgan fingerprint density at radius 1 is 0.929 bits per heavy atom. The molecule has 0 spiro atoms. The molecule has 0 fully saturated rings. The van der Waals surface area contributed by atoms with Crippen LogP contribution in [-0.2, 0) is 0 Å². The molecule has 0 aliphatic heterocycles. The summed E-state index contributed by atoms with van der Waals surface area (Å²) in [5.74, 6) is -0.0411. The number of halogens is 2. The number of carbonyl (C=O) groups is 2. The molecule has 2 N–H and O–H groups in total. The van der Waals surface area contributed by atoms with Gasteiger partial charge in [0.25, 0.3) is 11.8 Å². The SMILES string of the molecule is COc1ccccc1NC(=O)c1ccc(NC(=O)c2cc(Br)ccc2Cl)cc1. The number of nitrogens with one attached hydrogen (secondary N) is 2. The van der Waals surface area contributed by atoms with E-state index in [2.05, 4.69) is 26.6 Å². The highest BCUT2D eigenvalue weighted by Crippen LogP contribution is 2.24. The van der Waals surface area contributed by atoms with Crippen molar-refractivity contribution in [3.05, 3.63) is 87.4 Å². The van der Waals surface area contributed by atoms with E-state index in [9.17, 15) is 9.59 Å². The van der Waals surface area contributed by atoms with Gasteiger partial charge in [0.2, 0.25) is 0 Å². The standard InChI is InChI=1S/C21H16BrClN2O3/c1-28-19-5-3-2-4-18(19)25-20(26)13-6-9-15(10-7-13)24-21(27)16-12-14(22)8-11-17(16)23/h2-12H,1H3,(H,24,27)(H,25,26). The van der Waals surface area contributed by atoms with E-state index >= 15 is 0 Å². The van der Waals surface area contributed by atoms with Crippen molar-refractivity contribution < 1.29 is 14.3 Å². The Kier molecular flexibility index (Phi) is 6.34. The van der Waals surface area contributed by atoms with Gasteiger partial charge < -0.3 is 15.4 Å². The van der Waals surface area contributed by atoms with E-state index in [1.807, 2.05) is 12.1 Å². The second-order valence-electron chi connectivity index (χ2n) is 5.81. The molecular formula is C21H16BrClN2O3. The van der Waals surface area contributed by atoms with Gasteiger partial charge in [0.1, 0.15) is 5.75 Å². The Balaban J connectivity index is 1.70. The number of methoxy groups -OCH3 is 1. The van der Waals surface area contributed by atoms with Crippen LogP contribution in [-0.4, -0.2) is 18.9 Å². The lowest BCUT2D eigenvalue weighted by atomic mass is 10.1. The molecular weight excluding hydrogens is 444 g/mol. The first kappa shape index (κ1) is 19.9. The lowest BCUT2D eigenvalue weighted by Gasteiger charge is -2.11. The molecule has 0 aliphatic rings. The summed E-state index contributed by atoms with van der Waals surface area (Å²) in [5.41, 5.74) is 1.94. The molecule has 3 rings (SSSR count). The number of carbonyl (C=O) groups excluding carboxylic acids is 2. The molecule has 0 aliphatic carbocycles. The normalized spacial score (nSPS) is 10.2. The van der Waals surface area contributed by atoms with Gasteiger partial charge in [-0.15, -0.1) is 0 Å². The number of rotatable bonds is 5. The maximum Gasteiger partial charge on any atom is 0.257 e. The minimum absolute atomic E-state index is 0.280. The van der Waals surface area contributed by atoms with E-state index in [-0.39, 0.29) is 11.8 Å². The van der Waals surface area contributed by atoms with Crippen LogP contribution in [0.15, 0.2) is 71.2 Å². The van der Waals surface area contributed by atoms with E-state index in [4.69, 9.17) is 16.3 Å². The molecule has 3 aromatic rings. The van der Waals surface area contributed by atoms with Crippen LogP contribution >= 0.6 is 27.5 Å². The van der Waals surface area contributed by atoms with Crippen LogP contribution in [0.3, 0.4) is 0 Å². The maximum atomic E-state index is 12.4.